The Kier molecular flexibility index (Phi) is 3.67. The minimum Gasteiger partial charge on any atom is -0.490 e. The third-order valence-electron chi connectivity index (χ3n) is 3.12. The fourth-order valence-electron chi connectivity index (χ4n) is 2.30. The predicted octanol–water partition coefficient (Wildman–Crippen LogP) is 2.81. The molecule has 0 amide bonds. The van der Waals surface area contributed by atoms with E-state index in [0.29, 0.717) is 0 Å². The molecule has 2 rings (SSSR count). The highest BCUT2D eigenvalue weighted by molar-refractivity contribution is 5.67. The number of fused-ring (bicyclic) bond motifs is 1. The summed E-state index contributed by atoms with van der Waals surface area (Å²) in [4.78, 5) is 10.6. The monoisotopic (exact) mass is 234 g/mol. The molecule has 1 unspecified atom stereocenters. The second-order valence-corrected chi connectivity index (χ2v) is 4.66. The Bertz CT molecular complexity index is 412. The van der Waals surface area contributed by atoms with Gasteiger partial charge in [-0.15, -0.1) is 0 Å². The summed E-state index contributed by atoms with van der Waals surface area (Å²) in [5.74, 6) is -0.0325. The van der Waals surface area contributed by atoms with Gasteiger partial charge in [-0.3, -0.25) is 4.79 Å². The van der Waals surface area contributed by atoms with Gasteiger partial charge in [0.15, 0.2) is 0 Å². The van der Waals surface area contributed by atoms with Crippen LogP contribution in [0.3, 0.4) is 0 Å². The van der Waals surface area contributed by atoms with E-state index in [4.69, 9.17) is 9.84 Å². The van der Waals surface area contributed by atoms with Gasteiger partial charge < -0.3 is 9.84 Å². The van der Waals surface area contributed by atoms with Crippen molar-refractivity contribution in [2.45, 2.75) is 45.1 Å². The van der Waals surface area contributed by atoms with Gasteiger partial charge in [-0.05, 0) is 55.9 Å². The molecule has 1 aliphatic carbocycles. The van der Waals surface area contributed by atoms with Crippen LogP contribution in [-0.2, 0) is 17.6 Å². The summed E-state index contributed by atoms with van der Waals surface area (Å²) >= 11 is 0. The van der Waals surface area contributed by atoms with E-state index in [1.54, 1.807) is 6.92 Å². The minimum atomic E-state index is -0.824. The van der Waals surface area contributed by atoms with Gasteiger partial charge in [-0.1, -0.05) is 6.07 Å². The van der Waals surface area contributed by atoms with E-state index in [9.17, 15) is 4.79 Å². The molecule has 0 aliphatic heterocycles. The summed E-state index contributed by atoms with van der Waals surface area (Å²) in [5, 5.41) is 8.67. The van der Waals surface area contributed by atoms with Crippen molar-refractivity contribution in [3.05, 3.63) is 29.3 Å². The summed E-state index contributed by atoms with van der Waals surface area (Å²) in [7, 11) is 0. The number of aliphatic carboxylic acids is 1. The van der Waals surface area contributed by atoms with Crippen molar-refractivity contribution in [2.75, 3.05) is 0 Å². The van der Waals surface area contributed by atoms with Crippen LogP contribution in [0.25, 0.3) is 0 Å². The van der Waals surface area contributed by atoms with Gasteiger partial charge in [0.1, 0.15) is 11.9 Å². The van der Waals surface area contributed by atoms with Gasteiger partial charge in [0.05, 0.1) is 6.42 Å². The molecule has 3 heteroatoms. The van der Waals surface area contributed by atoms with Crippen LogP contribution in [0.1, 0.15) is 37.3 Å². The number of aryl methyl sites for hydroxylation is 2. The van der Waals surface area contributed by atoms with E-state index in [2.05, 4.69) is 12.1 Å². The van der Waals surface area contributed by atoms with E-state index in [1.165, 1.54) is 24.0 Å². The fourth-order valence-corrected chi connectivity index (χ4v) is 2.30. The number of carboxylic acid groups (broad SMARTS) is 1. The van der Waals surface area contributed by atoms with Crippen molar-refractivity contribution >= 4 is 5.97 Å². The van der Waals surface area contributed by atoms with Crippen LogP contribution >= 0.6 is 0 Å². The van der Waals surface area contributed by atoms with Crippen LogP contribution in [0, 0.1) is 0 Å². The van der Waals surface area contributed by atoms with Crippen LogP contribution in [0.4, 0.5) is 0 Å². The maximum atomic E-state index is 10.6. The molecule has 0 spiro atoms. The van der Waals surface area contributed by atoms with Gasteiger partial charge in [0, 0.05) is 0 Å². The van der Waals surface area contributed by atoms with Gasteiger partial charge in [-0.2, -0.15) is 0 Å². The van der Waals surface area contributed by atoms with Gasteiger partial charge >= 0.3 is 5.97 Å². The smallest absolute Gasteiger partial charge is 0.307 e. The molecule has 1 N–H and O–H groups in total. The molecule has 17 heavy (non-hydrogen) atoms. The van der Waals surface area contributed by atoms with E-state index in [-0.39, 0.29) is 12.5 Å². The Morgan fingerprint density at radius 1 is 1.35 bits per heavy atom. The number of carboxylic acids is 1. The summed E-state index contributed by atoms with van der Waals surface area (Å²) in [6.45, 7) is 1.79. The SMILES string of the molecule is CC(CC(=O)O)Oc1ccc2c(c1)CCCC2. The molecular formula is C14H18O3. The van der Waals surface area contributed by atoms with Crippen molar-refractivity contribution in [3.8, 4) is 5.75 Å². The molecule has 0 fully saturated rings. The molecule has 1 atom stereocenters. The predicted molar refractivity (Wildman–Crippen MR) is 65.4 cm³/mol. The van der Waals surface area contributed by atoms with Crippen LogP contribution in [0.15, 0.2) is 18.2 Å². The molecule has 0 bridgehead atoms. The highest BCUT2D eigenvalue weighted by atomic mass is 16.5. The first-order chi connectivity index (χ1) is 8.15. The summed E-state index contributed by atoms with van der Waals surface area (Å²) < 4.78 is 5.61. The number of hydrogen-bond donors (Lipinski definition) is 1. The van der Waals surface area contributed by atoms with E-state index >= 15 is 0 Å². The fraction of sp³-hybridized carbons (Fsp3) is 0.500. The first kappa shape index (κ1) is 12.0. The summed E-state index contributed by atoms with van der Waals surface area (Å²) in [6, 6.07) is 6.12. The number of rotatable bonds is 4. The lowest BCUT2D eigenvalue weighted by atomic mass is 9.92. The zero-order chi connectivity index (χ0) is 12.3. The average Bonchev–Trinajstić information content (AvgIpc) is 2.27. The van der Waals surface area contributed by atoms with E-state index in [1.807, 2.05) is 6.07 Å². The minimum absolute atomic E-state index is 0.0388. The Morgan fingerprint density at radius 2 is 2.06 bits per heavy atom. The molecule has 0 saturated heterocycles. The van der Waals surface area contributed by atoms with Crippen molar-refractivity contribution in [2.24, 2.45) is 0 Å². The first-order valence-electron chi connectivity index (χ1n) is 6.15. The molecular weight excluding hydrogens is 216 g/mol. The lowest BCUT2D eigenvalue weighted by Crippen LogP contribution is -2.17. The Balaban J connectivity index is 2.04. The second kappa shape index (κ2) is 5.21. The summed E-state index contributed by atoms with van der Waals surface area (Å²) in [5.41, 5.74) is 2.77. The van der Waals surface area contributed by atoms with E-state index < -0.39 is 5.97 Å². The number of benzene rings is 1. The van der Waals surface area contributed by atoms with Gasteiger partial charge in [-0.25, -0.2) is 0 Å². The topological polar surface area (TPSA) is 46.5 Å². The molecule has 0 radical (unpaired) electrons. The molecule has 0 heterocycles. The second-order valence-electron chi connectivity index (χ2n) is 4.66. The largest absolute Gasteiger partial charge is 0.490 e. The maximum Gasteiger partial charge on any atom is 0.307 e. The quantitative estimate of drug-likeness (QED) is 0.871. The zero-order valence-corrected chi connectivity index (χ0v) is 10.1. The Hall–Kier alpha value is -1.51. The maximum absolute atomic E-state index is 10.6. The molecule has 1 aliphatic rings. The molecule has 1 aromatic carbocycles. The molecule has 0 saturated carbocycles. The number of carbonyl (C=O) groups is 1. The molecule has 1 aromatic rings. The van der Waals surface area contributed by atoms with Crippen LogP contribution in [-0.4, -0.2) is 17.2 Å². The zero-order valence-electron chi connectivity index (χ0n) is 10.1. The third kappa shape index (κ3) is 3.22. The van der Waals surface area contributed by atoms with Gasteiger partial charge in [0.2, 0.25) is 0 Å². The lowest BCUT2D eigenvalue weighted by Gasteiger charge is -2.18. The lowest BCUT2D eigenvalue weighted by molar-refractivity contribution is -0.138. The first-order valence-corrected chi connectivity index (χ1v) is 6.15. The van der Waals surface area contributed by atoms with Gasteiger partial charge in [0.25, 0.3) is 0 Å². The summed E-state index contributed by atoms with van der Waals surface area (Å²) in [6.07, 6.45) is 4.52. The van der Waals surface area contributed by atoms with Crippen molar-refractivity contribution in [1.82, 2.24) is 0 Å². The van der Waals surface area contributed by atoms with Crippen molar-refractivity contribution in [1.29, 1.82) is 0 Å². The highest BCUT2D eigenvalue weighted by Crippen LogP contribution is 2.26. The van der Waals surface area contributed by atoms with Crippen LogP contribution < -0.4 is 4.74 Å². The average molecular weight is 234 g/mol. The number of ether oxygens (including phenoxy) is 1. The molecule has 0 aromatic heterocycles. The highest BCUT2D eigenvalue weighted by Gasteiger charge is 2.12. The van der Waals surface area contributed by atoms with Crippen molar-refractivity contribution in [3.63, 3.8) is 0 Å². The van der Waals surface area contributed by atoms with E-state index in [0.717, 1.165) is 18.6 Å². The Labute approximate surface area is 101 Å². The van der Waals surface area contributed by atoms with Crippen molar-refractivity contribution < 1.29 is 14.6 Å². The molecule has 92 valence electrons. The van der Waals surface area contributed by atoms with Crippen LogP contribution in [0.5, 0.6) is 5.75 Å². The Morgan fingerprint density at radius 3 is 2.76 bits per heavy atom. The third-order valence-corrected chi connectivity index (χ3v) is 3.12. The normalized spacial score (nSPS) is 16.1. The number of hydrogen-bond acceptors (Lipinski definition) is 2. The van der Waals surface area contributed by atoms with Crippen LogP contribution in [0.2, 0.25) is 0 Å². The standard InChI is InChI=1S/C14H18O3/c1-10(8-14(15)16)17-13-7-6-11-4-2-3-5-12(11)9-13/h6-7,9-10H,2-5,8H2,1H3,(H,15,16). The molecule has 3 nitrogen and oxygen atoms in total.